The Morgan fingerprint density at radius 1 is 1.29 bits per heavy atom. The van der Waals surface area contributed by atoms with Crippen molar-refractivity contribution in [2.45, 2.75) is 6.92 Å². The van der Waals surface area contributed by atoms with Gasteiger partial charge in [0.25, 0.3) is 0 Å². The molecule has 3 aromatic rings. The lowest BCUT2D eigenvalue weighted by Gasteiger charge is -2.06. The number of fused-ring (bicyclic) bond motifs is 1. The highest BCUT2D eigenvalue weighted by Crippen LogP contribution is 2.31. The van der Waals surface area contributed by atoms with E-state index in [1.165, 1.54) is 12.1 Å². The van der Waals surface area contributed by atoms with Crippen LogP contribution in [0.15, 0.2) is 46.9 Å². The first kappa shape index (κ1) is 13.2. The minimum Gasteiger partial charge on any atom is -0.493 e. The Kier molecular flexibility index (Phi) is 3.31. The molecule has 3 rings (SSSR count). The normalized spacial score (nSPS) is 10.7. The molecule has 1 heterocycles. The third-order valence-electron chi connectivity index (χ3n) is 3.05. The number of carboxylic acids is 1. The van der Waals surface area contributed by atoms with Crippen LogP contribution in [-0.2, 0) is 0 Å². The maximum absolute atomic E-state index is 11.0. The zero-order chi connectivity index (χ0) is 14.8. The first-order valence-electron chi connectivity index (χ1n) is 6.55. The molecule has 5 nitrogen and oxygen atoms in total. The highest BCUT2D eigenvalue weighted by atomic mass is 16.5. The second kappa shape index (κ2) is 5.28. The fraction of sp³-hybridized carbons (Fsp3) is 0.125. The molecule has 0 aliphatic heterocycles. The minimum atomic E-state index is -0.996. The van der Waals surface area contributed by atoms with Crippen LogP contribution < -0.4 is 4.74 Å². The third-order valence-corrected chi connectivity index (χ3v) is 3.05. The number of oxazole rings is 1. The fourth-order valence-electron chi connectivity index (χ4n) is 2.10. The molecular formula is C16H13NO4. The van der Waals surface area contributed by atoms with E-state index in [4.69, 9.17) is 14.3 Å². The Morgan fingerprint density at radius 2 is 2.10 bits per heavy atom. The number of carboxylic acid groups (broad SMARTS) is 1. The molecule has 0 aliphatic rings. The van der Waals surface area contributed by atoms with Gasteiger partial charge in [-0.3, -0.25) is 0 Å². The first-order valence-corrected chi connectivity index (χ1v) is 6.55. The SMILES string of the molecule is CCOc1ccccc1-c1nc2ccc(C(=O)O)cc2o1. The van der Waals surface area contributed by atoms with Crippen LogP contribution in [-0.4, -0.2) is 22.7 Å². The number of carbonyl (C=O) groups is 1. The van der Waals surface area contributed by atoms with E-state index in [9.17, 15) is 4.79 Å². The zero-order valence-corrected chi connectivity index (χ0v) is 11.4. The van der Waals surface area contributed by atoms with Crippen LogP contribution >= 0.6 is 0 Å². The summed E-state index contributed by atoms with van der Waals surface area (Å²) in [5.41, 5.74) is 1.97. The molecule has 106 valence electrons. The summed E-state index contributed by atoms with van der Waals surface area (Å²) in [7, 11) is 0. The number of para-hydroxylation sites is 1. The van der Waals surface area contributed by atoms with Crippen LogP contribution in [0.4, 0.5) is 0 Å². The van der Waals surface area contributed by atoms with Gasteiger partial charge in [0.15, 0.2) is 5.58 Å². The van der Waals surface area contributed by atoms with E-state index in [1.807, 2.05) is 31.2 Å². The number of aromatic nitrogens is 1. The molecule has 0 atom stereocenters. The van der Waals surface area contributed by atoms with Crippen molar-refractivity contribution in [3.05, 3.63) is 48.0 Å². The van der Waals surface area contributed by atoms with E-state index in [1.54, 1.807) is 6.07 Å². The van der Waals surface area contributed by atoms with Crippen molar-refractivity contribution in [2.75, 3.05) is 6.61 Å². The van der Waals surface area contributed by atoms with Crippen molar-refractivity contribution in [3.8, 4) is 17.2 Å². The van der Waals surface area contributed by atoms with Gasteiger partial charge in [0.1, 0.15) is 11.3 Å². The van der Waals surface area contributed by atoms with Crippen LogP contribution in [0, 0.1) is 0 Å². The van der Waals surface area contributed by atoms with Crippen molar-refractivity contribution in [2.24, 2.45) is 0 Å². The predicted octanol–water partition coefficient (Wildman–Crippen LogP) is 3.59. The highest BCUT2D eigenvalue weighted by molar-refractivity contribution is 5.92. The van der Waals surface area contributed by atoms with Gasteiger partial charge in [-0.05, 0) is 37.3 Å². The Labute approximate surface area is 120 Å². The number of aromatic carboxylic acids is 1. The molecule has 0 amide bonds. The molecular weight excluding hydrogens is 270 g/mol. The summed E-state index contributed by atoms with van der Waals surface area (Å²) in [6.45, 7) is 2.45. The van der Waals surface area contributed by atoms with E-state index >= 15 is 0 Å². The smallest absolute Gasteiger partial charge is 0.335 e. The topological polar surface area (TPSA) is 72.6 Å². The maximum Gasteiger partial charge on any atom is 0.335 e. The van der Waals surface area contributed by atoms with E-state index in [0.717, 1.165) is 5.56 Å². The number of ether oxygens (including phenoxy) is 1. The summed E-state index contributed by atoms with van der Waals surface area (Å²) in [5, 5.41) is 9.00. The van der Waals surface area contributed by atoms with Crippen molar-refractivity contribution in [3.63, 3.8) is 0 Å². The molecule has 0 saturated carbocycles. The van der Waals surface area contributed by atoms with Crippen molar-refractivity contribution >= 4 is 17.1 Å². The number of nitrogens with zero attached hydrogens (tertiary/aromatic N) is 1. The monoisotopic (exact) mass is 283 g/mol. The highest BCUT2D eigenvalue weighted by Gasteiger charge is 2.14. The zero-order valence-electron chi connectivity index (χ0n) is 11.4. The Balaban J connectivity index is 2.11. The van der Waals surface area contributed by atoms with Crippen molar-refractivity contribution < 1.29 is 19.1 Å². The number of benzene rings is 2. The molecule has 0 fully saturated rings. The standard InChI is InChI=1S/C16H13NO4/c1-2-20-13-6-4-3-5-11(13)15-17-12-8-7-10(16(18)19)9-14(12)21-15/h3-9H,2H2,1H3,(H,18,19). The van der Waals surface area contributed by atoms with Crippen LogP contribution in [0.5, 0.6) is 5.75 Å². The van der Waals surface area contributed by atoms with Gasteiger partial charge >= 0.3 is 5.97 Å². The van der Waals surface area contributed by atoms with Gasteiger partial charge in [-0.25, -0.2) is 9.78 Å². The lowest BCUT2D eigenvalue weighted by molar-refractivity contribution is 0.0697. The summed E-state index contributed by atoms with van der Waals surface area (Å²) in [6, 6.07) is 12.1. The van der Waals surface area contributed by atoms with Gasteiger partial charge < -0.3 is 14.3 Å². The largest absolute Gasteiger partial charge is 0.493 e. The lowest BCUT2D eigenvalue weighted by Crippen LogP contribution is -1.94. The van der Waals surface area contributed by atoms with Crippen molar-refractivity contribution in [1.82, 2.24) is 4.98 Å². The molecule has 0 radical (unpaired) electrons. The molecule has 1 N–H and O–H groups in total. The summed E-state index contributed by atoms with van der Waals surface area (Å²) in [6.07, 6.45) is 0. The molecule has 1 aromatic heterocycles. The number of rotatable bonds is 4. The molecule has 0 unspecified atom stereocenters. The average molecular weight is 283 g/mol. The molecule has 0 aliphatic carbocycles. The van der Waals surface area contributed by atoms with E-state index in [2.05, 4.69) is 4.98 Å². The molecule has 0 spiro atoms. The van der Waals surface area contributed by atoms with Crippen LogP contribution in [0.3, 0.4) is 0 Å². The summed E-state index contributed by atoms with van der Waals surface area (Å²) >= 11 is 0. The second-order valence-electron chi connectivity index (χ2n) is 4.44. The molecule has 21 heavy (non-hydrogen) atoms. The molecule has 5 heteroatoms. The van der Waals surface area contributed by atoms with E-state index in [0.29, 0.717) is 29.3 Å². The number of hydrogen-bond acceptors (Lipinski definition) is 4. The molecule has 2 aromatic carbocycles. The second-order valence-corrected chi connectivity index (χ2v) is 4.44. The van der Waals surface area contributed by atoms with Gasteiger partial charge in [0.2, 0.25) is 5.89 Å². The fourth-order valence-corrected chi connectivity index (χ4v) is 2.10. The Morgan fingerprint density at radius 3 is 2.86 bits per heavy atom. The van der Waals surface area contributed by atoms with Gasteiger partial charge in [-0.1, -0.05) is 12.1 Å². The van der Waals surface area contributed by atoms with Crippen molar-refractivity contribution in [1.29, 1.82) is 0 Å². The Hall–Kier alpha value is -2.82. The third kappa shape index (κ3) is 2.45. The Bertz CT molecular complexity index is 807. The quantitative estimate of drug-likeness (QED) is 0.792. The lowest BCUT2D eigenvalue weighted by atomic mass is 10.2. The molecule has 0 saturated heterocycles. The predicted molar refractivity (Wildman–Crippen MR) is 77.6 cm³/mol. The van der Waals surface area contributed by atoms with Gasteiger partial charge in [-0.2, -0.15) is 0 Å². The number of hydrogen-bond donors (Lipinski definition) is 1. The minimum absolute atomic E-state index is 0.170. The molecule has 0 bridgehead atoms. The van der Waals surface area contributed by atoms with Crippen LogP contribution in [0.25, 0.3) is 22.6 Å². The van der Waals surface area contributed by atoms with Gasteiger partial charge in [0.05, 0.1) is 17.7 Å². The van der Waals surface area contributed by atoms with E-state index in [-0.39, 0.29) is 5.56 Å². The summed E-state index contributed by atoms with van der Waals surface area (Å²) < 4.78 is 11.2. The van der Waals surface area contributed by atoms with E-state index < -0.39 is 5.97 Å². The maximum atomic E-state index is 11.0. The first-order chi connectivity index (χ1) is 10.2. The van der Waals surface area contributed by atoms with Crippen LogP contribution in [0.2, 0.25) is 0 Å². The van der Waals surface area contributed by atoms with Crippen LogP contribution in [0.1, 0.15) is 17.3 Å². The average Bonchev–Trinajstić information content (AvgIpc) is 2.90. The summed E-state index contributed by atoms with van der Waals surface area (Å²) in [4.78, 5) is 15.4. The summed E-state index contributed by atoms with van der Waals surface area (Å²) in [5.74, 6) is 0.103. The van der Waals surface area contributed by atoms with Gasteiger partial charge in [0, 0.05) is 0 Å². The van der Waals surface area contributed by atoms with Gasteiger partial charge in [-0.15, -0.1) is 0 Å².